The number of likely N-dealkylation sites (tertiary alicyclic amines) is 1. The van der Waals surface area contributed by atoms with Gasteiger partial charge in [0.1, 0.15) is 0 Å². The van der Waals surface area contributed by atoms with Crippen LogP contribution in [0, 0.1) is 0 Å². The average Bonchev–Trinajstić information content (AvgIpc) is 2.83. The van der Waals surface area contributed by atoms with Crippen molar-refractivity contribution in [2.24, 2.45) is 0 Å². The van der Waals surface area contributed by atoms with Crippen LogP contribution < -0.4 is 0 Å². The van der Waals surface area contributed by atoms with Gasteiger partial charge < -0.3 is 14.4 Å². The molecular formula is C11H18BrNO4. The second kappa shape index (κ2) is 7.66. The molecule has 6 heteroatoms. The fourth-order valence-corrected chi connectivity index (χ4v) is 1.91. The minimum Gasteiger partial charge on any atom is -0.464 e. The van der Waals surface area contributed by atoms with Crippen molar-refractivity contribution in [3.63, 3.8) is 0 Å². The molecule has 0 radical (unpaired) electrons. The lowest BCUT2D eigenvalue weighted by Gasteiger charge is -2.21. The van der Waals surface area contributed by atoms with Gasteiger partial charge in [-0.05, 0) is 19.8 Å². The van der Waals surface area contributed by atoms with Crippen LogP contribution in [0.5, 0.6) is 0 Å². The Balaban J connectivity index is 2.59. The smallest absolute Gasteiger partial charge is 0.345 e. The molecule has 0 N–H and O–H groups in total. The standard InChI is InChI=1S/C11H18BrNO4/c1-2-16-11(15)9(17-8-5-12)10(14)13-6-3-4-7-13/h9H,2-8H2,1H3. The summed E-state index contributed by atoms with van der Waals surface area (Å²) in [6.45, 7) is 3.67. The van der Waals surface area contributed by atoms with E-state index in [0.29, 0.717) is 25.0 Å². The van der Waals surface area contributed by atoms with Gasteiger partial charge in [-0.15, -0.1) is 0 Å². The zero-order valence-electron chi connectivity index (χ0n) is 9.99. The fourth-order valence-electron chi connectivity index (χ4n) is 1.72. The highest BCUT2D eigenvalue weighted by molar-refractivity contribution is 9.09. The molecule has 0 aliphatic carbocycles. The number of alkyl halides is 1. The zero-order valence-corrected chi connectivity index (χ0v) is 11.6. The summed E-state index contributed by atoms with van der Waals surface area (Å²) in [4.78, 5) is 25.4. The summed E-state index contributed by atoms with van der Waals surface area (Å²) in [6, 6.07) is 0. The van der Waals surface area contributed by atoms with Gasteiger partial charge in [0.2, 0.25) is 6.10 Å². The monoisotopic (exact) mass is 307 g/mol. The SMILES string of the molecule is CCOC(=O)C(OCCBr)C(=O)N1CCCC1. The van der Waals surface area contributed by atoms with E-state index in [9.17, 15) is 9.59 Å². The van der Waals surface area contributed by atoms with Crippen LogP contribution in [0.15, 0.2) is 0 Å². The molecule has 1 saturated heterocycles. The van der Waals surface area contributed by atoms with Crippen LogP contribution in [0.1, 0.15) is 19.8 Å². The molecule has 1 atom stereocenters. The number of carbonyl (C=O) groups is 2. The van der Waals surface area contributed by atoms with Gasteiger partial charge in [-0.3, -0.25) is 4.79 Å². The summed E-state index contributed by atoms with van der Waals surface area (Å²) >= 11 is 3.20. The molecule has 1 fully saturated rings. The van der Waals surface area contributed by atoms with Crippen molar-refractivity contribution in [2.75, 3.05) is 31.6 Å². The quantitative estimate of drug-likeness (QED) is 0.416. The molecule has 0 aromatic heterocycles. The molecule has 1 unspecified atom stereocenters. The summed E-state index contributed by atoms with van der Waals surface area (Å²) in [7, 11) is 0. The van der Waals surface area contributed by atoms with Crippen LogP contribution >= 0.6 is 15.9 Å². The number of hydrogen-bond donors (Lipinski definition) is 0. The minimum atomic E-state index is -1.11. The lowest BCUT2D eigenvalue weighted by molar-refractivity contribution is -0.165. The molecule has 98 valence electrons. The Morgan fingerprint density at radius 3 is 2.53 bits per heavy atom. The molecule has 1 aliphatic heterocycles. The number of carbonyl (C=O) groups excluding carboxylic acids is 2. The number of amides is 1. The maximum absolute atomic E-state index is 12.1. The van der Waals surface area contributed by atoms with E-state index in [2.05, 4.69) is 15.9 Å². The Hall–Kier alpha value is -0.620. The van der Waals surface area contributed by atoms with E-state index < -0.39 is 12.1 Å². The second-order valence-corrected chi connectivity index (χ2v) is 4.52. The predicted octanol–water partition coefficient (Wildman–Crippen LogP) is 0.952. The van der Waals surface area contributed by atoms with Gasteiger partial charge >= 0.3 is 5.97 Å². The topological polar surface area (TPSA) is 55.8 Å². The van der Waals surface area contributed by atoms with Crippen LogP contribution in [0.3, 0.4) is 0 Å². The molecule has 1 aliphatic rings. The summed E-state index contributed by atoms with van der Waals surface area (Å²) in [5.41, 5.74) is 0. The van der Waals surface area contributed by atoms with Gasteiger partial charge in [-0.25, -0.2) is 4.79 Å². The van der Waals surface area contributed by atoms with E-state index in [4.69, 9.17) is 9.47 Å². The fraction of sp³-hybridized carbons (Fsp3) is 0.818. The highest BCUT2D eigenvalue weighted by atomic mass is 79.9. The molecule has 1 heterocycles. The number of rotatable bonds is 6. The number of halogens is 1. The van der Waals surface area contributed by atoms with Crippen LogP contribution in [-0.4, -0.2) is 54.5 Å². The van der Waals surface area contributed by atoms with Gasteiger partial charge in [-0.1, -0.05) is 15.9 Å². The highest BCUT2D eigenvalue weighted by Crippen LogP contribution is 2.11. The average molecular weight is 308 g/mol. The van der Waals surface area contributed by atoms with Crippen molar-refractivity contribution in [2.45, 2.75) is 25.9 Å². The number of esters is 1. The normalized spacial score (nSPS) is 16.9. The third-order valence-electron chi connectivity index (χ3n) is 2.50. The Morgan fingerprint density at radius 1 is 1.35 bits per heavy atom. The first kappa shape index (κ1) is 14.4. The molecule has 1 rings (SSSR count). The van der Waals surface area contributed by atoms with Gasteiger partial charge in [0.15, 0.2) is 0 Å². The van der Waals surface area contributed by atoms with Crippen molar-refractivity contribution in [1.29, 1.82) is 0 Å². The summed E-state index contributed by atoms with van der Waals surface area (Å²) < 4.78 is 10.1. The zero-order chi connectivity index (χ0) is 12.7. The lowest BCUT2D eigenvalue weighted by atomic mass is 10.3. The second-order valence-electron chi connectivity index (χ2n) is 3.72. The highest BCUT2D eigenvalue weighted by Gasteiger charge is 2.33. The molecule has 17 heavy (non-hydrogen) atoms. The van der Waals surface area contributed by atoms with Crippen molar-refractivity contribution in [3.05, 3.63) is 0 Å². The van der Waals surface area contributed by atoms with E-state index in [1.807, 2.05) is 0 Å². The van der Waals surface area contributed by atoms with Crippen LogP contribution in [0.25, 0.3) is 0 Å². The number of nitrogens with zero attached hydrogens (tertiary/aromatic N) is 1. The molecule has 0 saturated carbocycles. The van der Waals surface area contributed by atoms with Crippen LogP contribution in [0.2, 0.25) is 0 Å². The van der Waals surface area contributed by atoms with E-state index in [1.165, 1.54) is 0 Å². The predicted molar refractivity (Wildman–Crippen MR) is 66.0 cm³/mol. The number of hydrogen-bond acceptors (Lipinski definition) is 4. The molecule has 0 bridgehead atoms. The Bertz CT molecular complexity index is 266. The van der Waals surface area contributed by atoms with Gasteiger partial charge in [-0.2, -0.15) is 0 Å². The van der Waals surface area contributed by atoms with E-state index >= 15 is 0 Å². The van der Waals surface area contributed by atoms with Crippen LogP contribution in [-0.2, 0) is 19.1 Å². The minimum absolute atomic E-state index is 0.250. The van der Waals surface area contributed by atoms with Crippen molar-refractivity contribution < 1.29 is 19.1 Å². The van der Waals surface area contributed by atoms with Gasteiger partial charge in [0.25, 0.3) is 5.91 Å². The maximum atomic E-state index is 12.1. The third kappa shape index (κ3) is 4.27. The molecular weight excluding hydrogens is 290 g/mol. The molecule has 0 aromatic carbocycles. The van der Waals surface area contributed by atoms with Crippen molar-refractivity contribution in [1.82, 2.24) is 4.90 Å². The summed E-state index contributed by atoms with van der Waals surface area (Å²) in [5.74, 6) is -0.868. The summed E-state index contributed by atoms with van der Waals surface area (Å²) in [6.07, 6.45) is 0.866. The number of ether oxygens (including phenoxy) is 2. The van der Waals surface area contributed by atoms with E-state index in [1.54, 1.807) is 11.8 Å². The largest absolute Gasteiger partial charge is 0.464 e. The molecule has 0 aromatic rings. The first-order valence-electron chi connectivity index (χ1n) is 5.83. The molecule has 5 nitrogen and oxygen atoms in total. The lowest BCUT2D eigenvalue weighted by Crippen LogP contribution is -2.44. The van der Waals surface area contributed by atoms with Crippen LogP contribution in [0.4, 0.5) is 0 Å². The Kier molecular flexibility index (Phi) is 6.50. The van der Waals surface area contributed by atoms with E-state index in [-0.39, 0.29) is 12.5 Å². The Morgan fingerprint density at radius 2 is 2.00 bits per heavy atom. The van der Waals surface area contributed by atoms with Crippen molar-refractivity contribution >= 4 is 27.8 Å². The Labute approximate surface area is 110 Å². The maximum Gasteiger partial charge on any atom is 0.345 e. The summed E-state index contributed by atoms with van der Waals surface area (Å²) in [5, 5.41) is 0.580. The van der Waals surface area contributed by atoms with Gasteiger partial charge in [0, 0.05) is 18.4 Å². The van der Waals surface area contributed by atoms with E-state index in [0.717, 1.165) is 12.8 Å². The third-order valence-corrected chi connectivity index (χ3v) is 2.83. The first-order chi connectivity index (χ1) is 8.20. The van der Waals surface area contributed by atoms with Gasteiger partial charge in [0.05, 0.1) is 13.2 Å². The first-order valence-corrected chi connectivity index (χ1v) is 6.95. The molecule has 0 spiro atoms. The molecule has 1 amide bonds. The van der Waals surface area contributed by atoms with Crippen molar-refractivity contribution in [3.8, 4) is 0 Å².